The first-order chi connectivity index (χ1) is 22.5. The molecule has 0 saturated carbocycles. The smallest absolute Gasteiger partial charge is 0.416 e. The van der Waals surface area contributed by atoms with Crippen molar-refractivity contribution < 1.29 is 37.3 Å². The normalized spacial score (nSPS) is 14.6. The molecule has 0 fully saturated rings. The Kier molecular flexibility index (Phi) is 13.5. The summed E-state index contributed by atoms with van der Waals surface area (Å²) in [5.41, 5.74) is 2.67. The van der Waals surface area contributed by atoms with E-state index in [0.29, 0.717) is 25.4 Å². The highest BCUT2D eigenvalue weighted by Crippen LogP contribution is 2.33. The summed E-state index contributed by atoms with van der Waals surface area (Å²) < 4.78 is 56.1. The van der Waals surface area contributed by atoms with E-state index in [-0.39, 0.29) is 5.69 Å². The monoisotopic (exact) mass is 657 g/mol. The van der Waals surface area contributed by atoms with Crippen molar-refractivity contribution in [1.29, 1.82) is 0 Å². The van der Waals surface area contributed by atoms with Crippen LogP contribution in [0.1, 0.15) is 80.7 Å². The quantitative estimate of drug-likeness (QED) is 0.109. The Labute approximate surface area is 275 Å². The van der Waals surface area contributed by atoms with Crippen molar-refractivity contribution in [3.8, 4) is 5.75 Å². The number of rotatable bonds is 17. The van der Waals surface area contributed by atoms with E-state index in [0.717, 1.165) is 92.7 Å². The van der Waals surface area contributed by atoms with E-state index in [2.05, 4.69) is 16.0 Å². The lowest BCUT2D eigenvalue weighted by molar-refractivity contribution is -0.180. The van der Waals surface area contributed by atoms with Crippen LogP contribution >= 0.6 is 0 Å². The summed E-state index contributed by atoms with van der Waals surface area (Å²) in [5.74, 6) is 0.171. The fourth-order valence-corrected chi connectivity index (χ4v) is 5.24. The number of carbonyl (C=O) groups is 1. The van der Waals surface area contributed by atoms with Gasteiger partial charge in [-0.3, -0.25) is 0 Å². The van der Waals surface area contributed by atoms with Crippen LogP contribution in [0, 0.1) is 0 Å². The van der Waals surface area contributed by atoms with Gasteiger partial charge in [-0.1, -0.05) is 37.1 Å². The van der Waals surface area contributed by atoms with Crippen molar-refractivity contribution in [2.24, 2.45) is 0 Å². The van der Waals surface area contributed by atoms with E-state index in [4.69, 9.17) is 14.2 Å². The molecule has 1 aliphatic heterocycles. The molecule has 1 heterocycles. The molecule has 0 spiro atoms. The Bertz CT molecular complexity index is 1430. The number of aliphatic hydroxyl groups excluding tert-OH is 1. The molecule has 1 aliphatic rings. The number of alkyl halides is 3. The highest BCUT2D eigenvalue weighted by molar-refractivity contribution is 5.99. The summed E-state index contributed by atoms with van der Waals surface area (Å²) in [4.78, 5) is 12.3. The number of nitrogens with one attached hydrogen (secondary N) is 3. The number of hydrogen-bond acceptors (Lipinski definition) is 6. The maximum absolute atomic E-state index is 12.9. The number of fused-ring (bicyclic) bond motifs is 1. The lowest BCUT2D eigenvalue weighted by atomic mass is 10.0. The molecule has 0 aliphatic carbocycles. The van der Waals surface area contributed by atoms with Gasteiger partial charge in [0, 0.05) is 50.5 Å². The minimum Gasteiger partial charge on any atom is -0.463 e. The second kappa shape index (κ2) is 17.5. The third-order valence-corrected chi connectivity index (χ3v) is 7.77. The number of ether oxygens (including phenoxy) is 3. The van der Waals surface area contributed by atoms with E-state index in [9.17, 15) is 23.1 Å². The Morgan fingerprint density at radius 3 is 2.38 bits per heavy atom. The Balaban J connectivity index is 0.993. The van der Waals surface area contributed by atoms with Gasteiger partial charge in [0.15, 0.2) is 0 Å². The third-order valence-electron chi connectivity index (χ3n) is 7.77. The number of benzene rings is 3. The predicted octanol–water partition coefficient (Wildman–Crippen LogP) is 8.22. The molecule has 0 saturated heterocycles. The molecule has 3 aromatic rings. The molecule has 0 unspecified atom stereocenters. The van der Waals surface area contributed by atoms with Crippen molar-refractivity contribution >= 4 is 17.4 Å². The van der Waals surface area contributed by atoms with Gasteiger partial charge in [-0.2, -0.15) is 13.2 Å². The molecule has 47 heavy (non-hydrogen) atoms. The van der Waals surface area contributed by atoms with Gasteiger partial charge in [0.05, 0.1) is 18.3 Å². The maximum atomic E-state index is 12.9. The van der Waals surface area contributed by atoms with Gasteiger partial charge in [0.2, 0.25) is 5.79 Å². The minimum absolute atomic E-state index is 0.0658. The van der Waals surface area contributed by atoms with Gasteiger partial charge in [-0.25, -0.2) is 4.79 Å². The van der Waals surface area contributed by atoms with Gasteiger partial charge in [0.25, 0.3) is 0 Å². The number of anilines is 2. The fraction of sp³-hybridized carbons (Fsp3) is 0.472. The summed E-state index contributed by atoms with van der Waals surface area (Å²) in [6.45, 7) is 7.00. The number of aliphatic hydroxyl groups is 1. The van der Waals surface area contributed by atoms with Crippen LogP contribution in [0.15, 0.2) is 66.7 Å². The second-order valence-electron chi connectivity index (χ2n) is 12.2. The standard InChI is InChI=1S/C36H46F3N3O5/c1-35(2)46-25-28-22-27(16-17-33(28)47-35)32(43)24-40-18-6-3-4-7-19-45-20-8-5-11-26-12-9-14-30(21-26)41-34(44)42-31-15-10-13-29(23-31)36(37,38)39/h9-10,12-17,21-23,32,40,43H,3-8,11,18-20,24-25H2,1-2H3,(H2,41,42,44)/t32-/m0/s1. The molecule has 4 N–H and O–H groups in total. The fourth-order valence-electron chi connectivity index (χ4n) is 5.24. The van der Waals surface area contributed by atoms with Crippen LogP contribution < -0.4 is 20.7 Å². The van der Waals surface area contributed by atoms with Crippen molar-refractivity contribution in [2.45, 2.75) is 83.5 Å². The summed E-state index contributed by atoms with van der Waals surface area (Å²) in [7, 11) is 0. The van der Waals surface area contributed by atoms with Gasteiger partial charge in [-0.05, 0) is 92.2 Å². The van der Waals surface area contributed by atoms with Gasteiger partial charge >= 0.3 is 12.2 Å². The molecule has 2 amide bonds. The van der Waals surface area contributed by atoms with Crippen molar-refractivity contribution in [1.82, 2.24) is 5.32 Å². The molecule has 11 heteroatoms. The molecule has 3 aromatic carbocycles. The van der Waals surface area contributed by atoms with E-state index in [1.165, 1.54) is 12.1 Å². The average Bonchev–Trinajstić information content (AvgIpc) is 3.02. The van der Waals surface area contributed by atoms with Gasteiger partial charge in [0.1, 0.15) is 5.75 Å². The largest absolute Gasteiger partial charge is 0.463 e. The molecule has 256 valence electrons. The molecule has 1 atom stereocenters. The average molecular weight is 658 g/mol. The molecule has 0 bridgehead atoms. The van der Waals surface area contributed by atoms with E-state index >= 15 is 0 Å². The second-order valence-corrected chi connectivity index (χ2v) is 12.2. The number of amides is 2. The van der Waals surface area contributed by atoms with Crippen LogP contribution in [0.25, 0.3) is 0 Å². The molecule has 8 nitrogen and oxygen atoms in total. The Morgan fingerprint density at radius 2 is 1.62 bits per heavy atom. The van der Waals surface area contributed by atoms with Crippen LogP contribution in [0.3, 0.4) is 0 Å². The number of urea groups is 1. The summed E-state index contributed by atoms with van der Waals surface area (Å²) >= 11 is 0. The predicted molar refractivity (Wildman–Crippen MR) is 177 cm³/mol. The highest BCUT2D eigenvalue weighted by Gasteiger charge is 2.30. The first kappa shape index (κ1) is 36.2. The summed E-state index contributed by atoms with van der Waals surface area (Å²) in [5, 5.41) is 19.0. The zero-order valence-corrected chi connectivity index (χ0v) is 27.1. The van der Waals surface area contributed by atoms with E-state index < -0.39 is 29.7 Å². The number of unbranched alkanes of at least 4 members (excludes halogenated alkanes) is 4. The lowest BCUT2D eigenvalue weighted by Crippen LogP contribution is -2.35. The summed E-state index contributed by atoms with van der Waals surface area (Å²) in [6.07, 6.45) is 1.84. The SMILES string of the molecule is CC1(C)OCc2cc([C@@H](O)CNCCCCCCOCCCCc3cccc(NC(=O)Nc4cccc(C(F)(F)F)c4)c3)ccc2O1. The van der Waals surface area contributed by atoms with Crippen molar-refractivity contribution in [3.05, 3.63) is 89.0 Å². The molecular weight excluding hydrogens is 611 g/mol. The van der Waals surface area contributed by atoms with Crippen LogP contribution in [0.5, 0.6) is 5.75 Å². The Morgan fingerprint density at radius 1 is 0.915 bits per heavy atom. The minimum atomic E-state index is -4.48. The molecule has 0 aromatic heterocycles. The highest BCUT2D eigenvalue weighted by atomic mass is 19.4. The van der Waals surface area contributed by atoms with Crippen LogP contribution in [0.4, 0.5) is 29.3 Å². The lowest BCUT2D eigenvalue weighted by Gasteiger charge is -2.33. The van der Waals surface area contributed by atoms with Crippen LogP contribution in [-0.2, 0) is 28.7 Å². The van der Waals surface area contributed by atoms with E-state index in [1.54, 1.807) is 6.07 Å². The Hall–Kier alpha value is -3.64. The van der Waals surface area contributed by atoms with Gasteiger partial charge in [-0.15, -0.1) is 0 Å². The first-order valence-corrected chi connectivity index (χ1v) is 16.2. The zero-order valence-electron chi connectivity index (χ0n) is 27.1. The van der Waals surface area contributed by atoms with Crippen molar-refractivity contribution in [3.63, 3.8) is 0 Å². The number of aryl methyl sites for hydroxylation is 1. The maximum Gasteiger partial charge on any atom is 0.416 e. The first-order valence-electron chi connectivity index (χ1n) is 16.2. The third kappa shape index (κ3) is 12.5. The number of carbonyl (C=O) groups excluding carboxylic acids is 1. The van der Waals surface area contributed by atoms with Crippen LogP contribution in [-0.4, -0.2) is 43.2 Å². The number of halogens is 3. The zero-order chi connectivity index (χ0) is 33.7. The number of hydrogen-bond donors (Lipinski definition) is 4. The topological polar surface area (TPSA) is 101 Å². The summed E-state index contributed by atoms with van der Waals surface area (Å²) in [6, 6.07) is 17.1. The molecular formula is C36H46F3N3O5. The van der Waals surface area contributed by atoms with E-state index in [1.807, 2.05) is 50.2 Å². The molecule has 4 rings (SSSR count). The van der Waals surface area contributed by atoms with Gasteiger partial charge < -0.3 is 35.3 Å². The van der Waals surface area contributed by atoms with Crippen LogP contribution in [0.2, 0.25) is 0 Å². The molecule has 0 radical (unpaired) electrons. The van der Waals surface area contributed by atoms with Crippen molar-refractivity contribution in [2.75, 3.05) is 36.9 Å².